The van der Waals surface area contributed by atoms with Crippen molar-refractivity contribution in [2.75, 3.05) is 13.1 Å². The number of halogens is 4. The zero-order chi connectivity index (χ0) is 18.9. The van der Waals surface area contributed by atoms with Crippen LogP contribution in [0.5, 0.6) is 0 Å². The lowest BCUT2D eigenvalue weighted by Crippen LogP contribution is -2.39. The lowest BCUT2D eigenvalue weighted by molar-refractivity contribution is -0.137. The van der Waals surface area contributed by atoms with Crippen molar-refractivity contribution in [3.63, 3.8) is 0 Å². The number of rotatable bonds is 3. The first-order chi connectivity index (χ1) is 12.2. The molecule has 1 unspecified atom stereocenters. The van der Waals surface area contributed by atoms with Crippen molar-refractivity contribution in [3.8, 4) is 0 Å². The van der Waals surface area contributed by atoms with Gasteiger partial charge in [0, 0.05) is 13.1 Å². The molecular weight excluding hydrogens is 431 g/mol. The molecule has 0 aromatic heterocycles. The van der Waals surface area contributed by atoms with Crippen LogP contribution in [0, 0.1) is 0 Å². The van der Waals surface area contributed by atoms with Gasteiger partial charge in [-0.15, -0.1) is 0 Å². The summed E-state index contributed by atoms with van der Waals surface area (Å²) in [5.41, 5.74) is 0.351. The van der Waals surface area contributed by atoms with Gasteiger partial charge in [0.25, 0.3) is 0 Å². The van der Waals surface area contributed by atoms with Crippen molar-refractivity contribution in [2.24, 2.45) is 0 Å². The van der Waals surface area contributed by atoms with Crippen molar-refractivity contribution in [2.45, 2.75) is 15.9 Å². The average molecular weight is 446 g/mol. The first kappa shape index (κ1) is 19.1. The number of hydrogen-bond donors (Lipinski definition) is 0. The van der Waals surface area contributed by atoms with Gasteiger partial charge in [-0.3, -0.25) is 0 Å². The molecule has 0 bridgehead atoms. The van der Waals surface area contributed by atoms with E-state index in [1.165, 1.54) is 22.5 Å². The van der Waals surface area contributed by atoms with Gasteiger partial charge in [0.1, 0.15) is 0 Å². The van der Waals surface area contributed by atoms with Gasteiger partial charge in [-0.05, 0) is 35.4 Å². The predicted molar refractivity (Wildman–Crippen MR) is 97.3 cm³/mol. The molecule has 138 valence electrons. The summed E-state index contributed by atoms with van der Waals surface area (Å²) in [6.07, 6.45) is -2.77. The Morgan fingerprint density at radius 3 is 2.35 bits per heavy atom. The van der Waals surface area contributed by atoms with Crippen LogP contribution in [0.25, 0.3) is 5.57 Å². The Balaban J connectivity index is 1.89. The van der Waals surface area contributed by atoms with Gasteiger partial charge in [0.2, 0.25) is 10.0 Å². The maximum Gasteiger partial charge on any atom is 0.416 e. The van der Waals surface area contributed by atoms with E-state index < -0.39 is 26.6 Å². The van der Waals surface area contributed by atoms with Gasteiger partial charge in [-0.25, -0.2) is 8.42 Å². The smallest absolute Gasteiger partial charge is 0.207 e. The molecule has 1 heterocycles. The minimum Gasteiger partial charge on any atom is -0.207 e. The second kappa shape index (κ2) is 7.17. The second-order valence-corrected chi connectivity index (χ2v) is 8.88. The van der Waals surface area contributed by atoms with Crippen molar-refractivity contribution in [1.82, 2.24) is 4.31 Å². The van der Waals surface area contributed by atoms with E-state index in [1.54, 1.807) is 30.3 Å². The summed E-state index contributed by atoms with van der Waals surface area (Å²) in [4.78, 5) is -0.214. The highest BCUT2D eigenvalue weighted by atomic mass is 79.9. The molecule has 8 heteroatoms. The first-order valence-corrected chi connectivity index (χ1v) is 10.1. The van der Waals surface area contributed by atoms with E-state index >= 15 is 0 Å². The zero-order valence-electron chi connectivity index (χ0n) is 13.4. The minimum atomic E-state index is -4.42. The lowest BCUT2D eigenvalue weighted by Gasteiger charge is -2.30. The van der Waals surface area contributed by atoms with Crippen molar-refractivity contribution < 1.29 is 21.6 Å². The van der Waals surface area contributed by atoms with Gasteiger partial charge in [0.05, 0.1) is 15.3 Å². The molecule has 26 heavy (non-hydrogen) atoms. The summed E-state index contributed by atoms with van der Waals surface area (Å²) in [6, 6.07) is 13.1. The zero-order valence-corrected chi connectivity index (χ0v) is 15.9. The molecule has 3 rings (SSSR count). The Hall–Kier alpha value is -1.64. The molecule has 0 radical (unpaired) electrons. The third-order valence-corrected chi connectivity index (χ3v) is 6.75. The standard InChI is InChI=1S/C18H15BrF3NO2S/c19-17-12-23(26(24,25)15-7-2-1-3-8-15)10-9-16(17)13-5-4-6-14(11-13)18(20,21)22/h1-9,11,17H,10,12H2. The van der Waals surface area contributed by atoms with E-state index in [0.29, 0.717) is 11.1 Å². The quantitative estimate of drug-likeness (QED) is 0.649. The molecule has 2 aromatic carbocycles. The Bertz CT molecular complexity index is 927. The van der Waals surface area contributed by atoms with E-state index in [4.69, 9.17) is 0 Å². The topological polar surface area (TPSA) is 37.4 Å². The molecule has 0 saturated carbocycles. The number of benzene rings is 2. The van der Waals surface area contributed by atoms with Crippen LogP contribution < -0.4 is 0 Å². The fourth-order valence-corrected chi connectivity index (χ4v) is 5.20. The third kappa shape index (κ3) is 3.87. The Labute approximate surface area is 158 Å². The van der Waals surface area contributed by atoms with Crippen molar-refractivity contribution in [3.05, 3.63) is 71.8 Å². The number of hydrogen-bond acceptors (Lipinski definition) is 2. The number of alkyl halides is 4. The van der Waals surface area contributed by atoms with E-state index in [0.717, 1.165) is 12.1 Å². The van der Waals surface area contributed by atoms with Crippen LogP contribution in [-0.2, 0) is 16.2 Å². The normalized spacial score (nSPS) is 19.2. The summed E-state index contributed by atoms with van der Waals surface area (Å²) < 4.78 is 65.4. The molecule has 0 spiro atoms. The lowest BCUT2D eigenvalue weighted by atomic mass is 9.98. The molecule has 0 fully saturated rings. The van der Waals surface area contributed by atoms with Gasteiger partial charge >= 0.3 is 6.18 Å². The van der Waals surface area contributed by atoms with Gasteiger partial charge in [0.15, 0.2) is 0 Å². The largest absolute Gasteiger partial charge is 0.416 e. The third-order valence-electron chi connectivity index (χ3n) is 4.12. The second-order valence-electron chi connectivity index (χ2n) is 5.84. The highest BCUT2D eigenvalue weighted by Gasteiger charge is 2.33. The van der Waals surface area contributed by atoms with Crippen LogP contribution in [-0.4, -0.2) is 30.6 Å². The average Bonchev–Trinajstić information content (AvgIpc) is 2.62. The molecule has 1 atom stereocenters. The maximum atomic E-state index is 12.9. The molecule has 0 aliphatic carbocycles. The molecule has 0 saturated heterocycles. The highest BCUT2D eigenvalue weighted by molar-refractivity contribution is 9.09. The monoisotopic (exact) mass is 445 g/mol. The summed E-state index contributed by atoms with van der Waals surface area (Å²) in [5.74, 6) is 0. The van der Waals surface area contributed by atoms with E-state index in [9.17, 15) is 21.6 Å². The van der Waals surface area contributed by atoms with Gasteiger partial charge in [-0.1, -0.05) is 52.3 Å². The number of sulfonamides is 1. The Kier molecular flexibility index (Phi) is 5.28. The fourth-order valence-electron chi connectivity index (χ4n) is 2.79. The molecule has 0 N–H and O–H groups in total. The van der Waals surface area contributed by atoms with Crippen molar-refractivity contribution >= 4 is 31.5 Å². The van der Waals surface area contributed by atoms with Crippen LogP contribution in [0.3, 0.4) is 0 Å². The molecule has 3 nitrogen and oxygen atoms in total. The summed E-state index contributed by atoms with van der Waals surface area (Å²) >= 11 is 3.42. The molecule has 0 amide bonds. The minimum absolute atomic E-state index is 0.102. The Morgan fingerprint density at radius 2 is 1.73 bits per heavy atom. The van der Waals surface area contributed by atoms with E-state index in [1.807, 2.05) is 0 Å². The van der Waals surface area contributed by atoms with Crippen LogP contribution in [0.2, 0.25) is 0 Å². The fraction of sp³-hybridized carbons (Fsp3) is 0.222. The summed E-state index contributed by atoms with van der Waals surface area (Å²) in [5, 5.41) is 0. The van der Waals surface area contributed by atoms with Crippen LogP contribution in [0.15, 0.2) is 65.6 Å². The van der Waals surface area contributed by atoms with Crippen LogP contribution in [0.1, 0.15) is 11.1 Å². The van der Waals surface area contributed by atoms with Crippen molar-refractivity contribution in [1.29, 1.82) is 0 Å². The molecule has 2 aromatic rings. The Morgan fingerprint density at radius 1 is 1.04 bits per heavy atom. The number of nitrogens with zero attached hydrogens (tertiary/aromatic N) is 1. The van der Waals surface area contributed by atoms with E-state index in [-0.39, 0.29) is 18.0 Å². The summed E-state index contributed by atoms with van der Waals surface area (Å²) in [6.45, 7) is 0.240. The van der Waals surface area contributed by atoms with E-state index in [2.05, 4.69) is 15.9 Å². The highest BCUT2D eigenvalue weighted by Crippen LogP contribution is 2.34. The van der Waals surface area contributed by atoms with Crippen LogP contribution >= 0.6 is 15.9 Å². The molecule has 1 aliphatic rings. The van der Waals surface area contributed by atoms with Gasteiger partial charge in [-0.2, -0.15) is 17.5 Å². The maximum absolute atomic E-state index is 12.9. The predicted octanol–water partition coefficient (Wildman–Crippen LogP) is 4.56. The van der Waals surface area contributed by atoms with Crippen LogP contribution in [0.4, 0.5) is 13.2 Å². The molecule has 1 aliphatic heterocycles. The molecular formula is C18H15BrF3NO2S. The SMILES string of the molecule is O=S(=O)(c1ccccc1)N1CC=C(c2cccc(C(F)(F)F)c2)C(Br)C1. The summed E-state index contributed by atoms with van der Waals surface area (Å²) in [7, 11) is -3.65. The first-order valence-electron chi connectivity index (χ1n) is 7.76. The van der Waals surface area contributed by atoms with Gasteiger partial charge < -0.3 is 0 Å².